The first-order valence-corrected chi connectivity index (χ1v) is 12.1. The Morgan fingerprint density at radius 3 is 2.40 bits per heavy atom. The summed E-state index contributed by atoms with van der Waals surface area (Å²) in [5.74, 6) is -0.879. The number of aliphatic carboxylic acids is 1. The molecule has 0 spiro atoms. The van der Waals surface area contributed by atoms with Crippen LogP contribution in [0.3, 0.4) is 0 Å². The maximum absolute atomic E-state index is 11.1. The molecule has 0 unspecified atom stereocenters. The summed E-state index contributed by atoms with van der Waals surface area (Å²) >= 11 is 0. The maximum Gasteiger partial charge on any atom is 0.328 e. The van der Waals surface area contributed by atoms with Crippen LogP contribution in [-0.2, 0) is 15.8 Å². The maximum atomic E-state index is 11.1. The number of benzene rings is 1. The predicted octanol–water partition coefficient (Wildman–Crippen LogP) is 6.18. The lowest BCUT2D eigenvalue weighted by Gasteiger charge is -2.36. The molecule has 0 saturated heterocycles. The standard InChI is InChI=1S/C21H34O3Si/c1-8-9-10-18(14-20(22)23)19-12-11-17(13-16(19)2)15-24-25(6,7)21(3,4)5/h11-14H,8-10,15H2,1-7H3,(H,22,23)/b18-14+. The average Bonchev–Trinajstić information content (AvgIpc) is 2.48. The molecule has 25 heavy (non-hydrogen) atoms. The number of hydrogen-bond donors (Lipinski definition) is 1. The van der Waals surface area contributed by atoms with E-state index in [-0.39, 0.29) is 5.04 Å². The summed E-state index contributed by atoms with van der Waals surface area (Å²) in [4.78, 5) is 11.1. The highest BCUT2D eigenvalue weighted by atomic mass is 28.4. The van der Waals surface area contributed by atoms with E-state index in [1.165, 1.54) is 6.08 Å². The monoisotopic (exact) mass is 362 g/mol. The largest absolute Gasteiger partial charge is 0.478 e. The van der Waals surface area contributed by atoms with E-state index in [0.717, 1.165) is 41.5 Å². The zero-order chi connectivity index (χ0) is 19.3. The normalized spacial score (nSPS) is 13.2. The molecule has 0 saturated carbocycles. The summed E-state index contributed by atoms with van der Waals surface area (Å²) in [7, 11) is -1.77. The summed E-state index contributed by atoms with van der Waals surface area (Å²) in [6, 6.07) is 6.24. The molecular formula is C21H34O3Si. The molecule has 1 aromatic carbocycles. The van der Waals surface area contributed by atoms with Crippen molar-refractivity contribution in [1.82, 2.24) is 0 Å². The van der Waals surface area contributed by atoms with Crippen LogP contribution in [0.25, 0.3) is 5.57 Å². The highest BCUT2D eigenvalue weighted by molar-refractivity contribution is 6.74. The van der Waals surface area contributed by atoms with Gasteiger partial charge in [-0.2, -0.15) is 0 Å². The van der Waals surface area contributed by atoms with Gasteiger partial charge in [0.2, 0.25) is 0 Å². The Hall–Kier alpha value is -1.39. The van der Waals surface area contributed by atoms with E-state index >= 15 is 0 Å². The molecule has 3 nitrogen and oxygen atoms in total. The van der Waals surface area contributed by atoms with Crippen molar-refractivity contribution in [1.29, 1.82) is 0 Å². The minimum Gasteiger partial charge on any atom is -0.478 e. The van der Waals surface area contributed by atoms with Crippen molar-refractivity contribution < 1.29 is 14.3 Å². The van der Waals surface area contributed by atoms with E-state index in [4.69, 9.17) is 9.53 Å². The van der Waals surface area contributed by atoms with Gasteiger partial charge in [-0.15, -0.1) is 0 Å². The highest BCUT2D eigenvalue weighted by Gasteiger charge is 2.37. The molecule has 0 aromatic heterocycles. The third-order valence-electron chi connectivity index (χ3n) is 5.14. The Morgan fingerprint density at radius 2 is 1.92 bits per heavy atom. The molecule has 0 bridgehead atoms. The van der Waals surface area contributed by atoms with Crippen molar-refractivity contribution in [3.63, 3.8) is 0 Å². The zero-order valence-corrected chi connectivity index (χ0v) is 17.9. The van der Waals surface area contributed by atoms with Crippen molar-refractivity contribution in [2.24, 2.45) is 0 Å². The van der Waals surface area contributed by atoms with Crippen LogP contribution >= 0.6 is 0 Å². The van der Waals surface area contributed by atoms with Crippen LogP contribution in [0.1, 0.15) is 63.6 Å². The minimum absolute atomic E-state index is 0.194. The van der Waals surface area contributed by atoms with Crippen molar-refractivity contribution in [2.45, 2.75) is 78.6 Å². The van der Waals surface area contributed by atoms with E-state index in [9.17, 15) is 4.79 Å². The van der Waals surface area contributed by atoms with Gasteiger partial charge in [-0.05, 0) is 60.2 Å². The lowest BCUT2D eigenvalue weighted by atomic mass is 9.94. The number of allylic oxidation sites excluding steroid dienone is 1. The lowest BCUT2D eigenvalue weighted by molar-refractivity contribution is -0.131. The molecule has 0 aliphatic rings. The van der Waals surface area contributed by atoms with Gasteiger partial charge in [0.25, 0.3) is 0 Å². The van der Waals surface area contributed by atoms with Gasteiger partial charge in [0.15, 0.2) is 8.32 Å². The Balaban J connectivity index is 2.97. The van der Waals surface area contributed by atoms with Gasteiger partial charge in [-0.25, -0.2) is 4.79 Å². The van der Waals surface area contributed by atoms with E-state index in [2.05, 4.69) is 52.9 Å². The molecule has 0 aliphatic heterocycles. The first-order chi connectivity index (χ1) is 11.5. The first-order valence-electron chi connectivity index (χ1n) is 9.15. The second-order valence-electron chi connectivity index (χ2n) is 8.31. The van der Waals surface area contributed by atoms with Crippen LogP contribution in [0.2, 0.25) is 18.1 Å². The Labute approximate surface area is 154 Å². The molecule has 1 N–H and O–H groups in total. The van der Waals surface area contributed by atoms with E-state index in [1.807, 2.05) is 13.0 Å². The fourth-order valence-electron chi connectivity index (χ4n) is 2.46. The van der Waals surface area contributed by atoms with E-state index in [0.29, 0.717) is 6.61 Å². The minimum atomic E-state index is -1.77. The number of unbranched alkanes of at least 4 members (excludes halogenated alkanes) is 1. The van der Waals surface area contributed by atoms with Gasteiger partial charge in [0.05, 0.1) is 6.61 Å². The second-order valence-corrected chi connectivity index (χ2v) is 13.1. The van der Waals surface area contributed by atoms with Crippen molar-refractivity contribution >= 4 is 19.9 Å². The van der Waals surface area contributed by atoms with Gasteiger partial charge >= 0.3 is 5.97 Å². The summed E-state index contributed by atoms with van der Waals surface area (Å²) in [6.07, 6.45) is 4.19. The van der Waals surface area contributed by atoms with Gasteiger partial charge < -0.3 is 9.53 Å². The number of carbonyl (C=O) groups is 1. The highest BCUT2D eigenvalue weighted by Crippen LogP contribution is 2.37. The first kappa shape index (κ1) is 21.6. The van der Waals surface area contributed by atoms with Crippen LogP contribution in [0, 0.1) is 6.92 Å². The van der Waals surface area contributed by atoms with Crippen LogP contribution < -0.4 is 0 Å². The third-order valence-corrected chi connectivity index (χ3v) is 9.62. The number of carboxylic acids is 1. The van der Waals surface area contributed by atoms with Crippen molar-refractivity contribution in [3.05, 3.63) is 41.0 Å². The molecule has 0 aliphatic carbocycles. The Bertz CT molecular complexity index is 625. The lowest BCUT2D eigenvalue weighted by Crippen LogP contribution is -2.40. The summed E-state index contributed by atoms with van der Waals surface area (Å²) in [5.41, 5.74) is 4.20. The molecule has 1 aromatic rings. The molecular weight excluding hydrogens is 328 g/mol. The van der Waals surface area contributed by atoms with Gasteiger partial charge in [-0.3, -0.25) is 0 Å². The van der Waals surface area contributed by atoms with Crippen LogP contribution in [0.15, 0.2) is 24.3 Å². The number of hydrogen-bond acceptors (Lipinski definition) is 2. The van der Waals surface area contributed by atoms with Gasteiger partial charge in [0, 0.05) is 6.08 Å². The molecule has 0 radical (unpaired) electrons. The summed E-state index contributed by atoms with van der Waals surface area (Å²) < 4.78 is 6.29. The van der Waals surface area contributed by atoms with Crippen LogP contribution in [0.4, 0.5) is 0 Å². The van der Waals surface area contributed by atoms with Crippen molar-refractivity contribution in [3.8, 4) is 0 Å². The zero-order valence-electron chi connectivity index (χ0n) is 16.9. The second kappa shape index (κ2) is 8.81. The molecule has 0 amide bonds. The van der Waals surface area contributed by atoms with E-state index in [1.54, 1.807) is 0 Å². The van der Waals surface area contributed by atoms with Gasteiger partial charge in [0.1, 0.15) is 0 Å². The molecule has 0 atom stereocenters. The topological polar surface area (TPSA) is 46.5 Å². The fourth-order valence-corrected chi connectivity index (χ4v) is 3.42. The quantitative estimate of drug-likeness (QED) is 0.444. The average molecular weight is 363 g/mol. The molecule has 4 heteroatoms. The molecule has 0 fully saturated rings. The van der Waals surface area contributed by atoms with E-state index < -0.39 is 14.3 Å². The molecule has 0 heterocycles. The Morgan fingerprint density at radius 1 is 1.28 bits per heavy atom. The fraction of sp³-hybridized carbons (Fsp3) is 0.571. The van der Waals surface area contributed by atoms with Gasteiger partial charge in [-0.1, -0.05) is 52.3 Å². The summed E-state index contributed by atoms with van der Waals surface area (Å²) in [5, 5.41) is 9.34. The van der Waals surface area contributed by atoms with Crippen LogP contribution in [-0.4, -0.2) is 19.4 Å². The molecule has 1 rings (SSSR count). The predicted molar refractivity (Wildman–Crippen MR) is 108 cm³/mol. The number of carboxylic acid groups (broad SMARTS) is 1. The van der Waals surface area contributed by atoms with Crippen LogP contribution in [0.5, 0.6) is 0 Å². The SMILES string of the molecule is CCCC/C(=C\C(=O)O)c1ccc(CO[Si](C)(C)C(C)(C)C)cc1C. The Kier molecular flexibility index (Phi) is 7.63. The number of aryl methyl sites for hydroxylation is 1. The van der Waals surface area contributed by atoms with Crippen molar-refractivity contribution in [2.75, 3.05) is 0 Å². The summed E-state index contributed by atoms with van der Waals surface area (Å²) in [6.45, 7) is 16.0. The molecule has 140 valence electrons. The smallest absolute Gasteiger partial charge is 0.328 e. The number of rotatable bonds is 8. The third kappa shape index (κ3) is 6.44.